The average molecular weight is 599 g/mol. The molecule has 11 nitrogen and oxygen atoms in total. The lowest BCUT2D eigenvalue weighted by atomic mass is 10.0. The molecule has 0 heterocycles. The molecule has 2 rings (SSSR count). The van der Waals surface area contributed by atoms with Gasteiger partial charge >= 0.3 is 6.09 Å². The molecule has 0 bridgehead atoms. The fourth-order valence-corrected chi connectivity index (χ4v) is 4.49. The van der Waals surface area contributed by atoms with Gasteiger partial charge in [-0.05, 0) is 69.2 Å². The lowest BCUT2D eigenvalue weighted by molar-refractivity contribution is -0.142. The van der Waals surface area contributed by atoms with E-state index in [1.54, 1.807) is 57.2 Å². The summed E-state index contributed by atoms with van der Waals surface area (Å²) in [5, 5.41) is 15.3. The molecule has 0 aliphatic rings. The Morgan fingerprint density at radius 2 is 1.53 bits per heavy atom. The van der Waals surface area contributed by atoms with Crippen LogP contribution in [0, 0.1) is 0 Å². The van der Waals surface area contributed by atoms with Crippen molar-refractivity contribution in [3.63, 3.8) is 0 Å². The van der Waals surface area contributed by atoms with Gasteiger partial charge in [-0.25, -0.2) is 4.79 Å². The van der Waals surface area contributed by atoms with Gasteiger partial charge in [0.05, 0.1) is 13.5 Å². The molecule has 5 N–H and O–H groups in total. The average Bonchev–Trinajstić information content (AvgIpc) is 2.93. The Balaban J connectivity index is 2.50. The zero-order valence-electron chi connectivity index (χ0n) is 25.9. The van der Waals surface area contributed by atoms with Crippen molar-refractivity contribution in [1.82, 2.24) is 10.2 Å². The summed E-state index contributed by atoms with van der Waals surface area (Å²) in [7, 11) is 1.54. The molecular weight excluding hydrogens is 552 g/mol. The molecular formula is C32H46N4O7. The van der Waals surface area contributed by atoms with Gasteiger partial charge in [-0.2, -0.15) is 0 Å². The standard InChI is InChI=1S/C32H46N4O7/c1-6-7-8-9-10-11-20-36(30(40)26(21-27(33)38)35-31(41)43-32(2,3)4)28(22-12-16-24(37)17-13-22)29(39)34-23-14-18-25(42-5)19-15-23/h12-19,26,28,37H,6-11,20-21H2,1-5H3,(H2,33,38)(H,34,39)(H,35,41). The molecule has 0 radical (unpaired) electrons. The SMILES string of the molecule is CCCCCCCCN(C(=O)C(CC(N)=O)NC(=O)OC(C)(C)C)C(C(=O)Nc1ccc(OC)cc1)c1ccc(O)cc1. The maximum absolute atomic E-state index is 14.2. The number of carbonyl (C=O) groups is 4. The fourth-order valence-electron chi connectivity index (χ4n) is 4.49. The molecule has 0 fully saturated rings. The first-order chi connectivity index (χ1) is 20.3. The maximum Gasteiger partial charge on any atom is 0.408 e. The van der Waals surface area contributed by atoms with Crippen LogP contribution < -0.4 is 21.1 Å². The highest BCUT2D eigenvalue weighted by atomic mass is 16.6. The number of amides is 4. The summed E-state index contributed by atoms with van der Waals surface area (Å²) in [5.74, 6) is -1.40. The molecule has 0 aromatic heterocycles. The van der Waals surface area contributed by atoms with Gasteiger partial charge in [0, 0.05) is 12.2 Å². The number of unbranched alkanes of at least 4 members (excludes halogenated alkanes) is 5. The second-order valence-corrected chi connectivity index (χ2v) is 11.4. The second kappa shape index (κ2) is 17.0. The summed E-state index contributed by atoms with van der Waals surface area (Å²) in [4.78, 5) is 54.1. The Bertz CT molecular complexity index is 1190. The molecule has 2 aromatic carbocycles. The number of carbonyl (C=O) groups excluding carboxylic acids is 4. The predicted molar refractivity (Wildman–Crippen MR) is 165 cm³/mol. The van der Waals surface area contributed by atoms with Gasteiger partial charge in [0.1, 0.15) is 29.2 Å². The first kappa shape index (κ1) is 34.9. The van der Waals surface area contributed by atoms with Crippen molar-refractivity contribution < 1.29 is 33.8 Å². The summed E-state index contributed by atoms with van der Waals surface area (Å²) in [6.07, 6.45) is 4.20. The molecule has 2 atom stereocenters. The van der Waals surface area contributed by atoms with Crippen molar-refractivity contribution in [3.8, 4) is 11.5 Å². The lowest BCUT2D eigenvalue weighted by Crippen LogP contribution is -2.53. The van der Waals surface area contributed by atoms with Crippen LogP contribution in [-0.2, 0) is 19.1 Å². The summed E-state index contributed by atoms with van der Waals surface area (Å²) in [5.41, 5.74) is 5.52. The van der Waals surface area contributed by atoms with Crippen LogP contribution in [0.4, 0.5) is 10.5 Å². The Morgan fingerprint density at radius 3 is 2.09 bits per heavy atom. The quantitative estimate of drug-likeness (QED) is 0.197. The van der Waals surface area contributed by atoms with Crippen molar-refractivity contribution in [2.45, 2.75) is 90.3 Å². The van der Waals surface area contributed by atoms with Gasteiger partial charge in [0.2, 0.25) is 11.8 Å². The number of anilines is 1. The van der Waals surface area contributed by atoms with Gasteiger partial charge in [-0.1, -0.05) is 51.2 Å². The molecule has 0 aliphatic carbocycles. The highest BCUT2D eigenvalue weighted by Gasteiger charge is 2.37. The molecule has 0 saturated carbocycles. The number of hydrogen-bond donors (Lipinski definition) is 4. The topological polar surface area (TPSA) is 160 Å². The van der Waals surface area contributed by atoms with E-state index in [0.717, 1.165) is 32.1 Å². The number of nitrogens with one attached hydrogen (secondary N) is 2. The van der Waals surface area contributed by atoms with Crippen molar-refractivity contribution in [2.75, 3.05) is 19.0 Å². The first-order valence-corrected chi connectivity index (χ1v) is 14.7. The third kappa shape index (κ3) is 12.2. The van der Waals surface area contributed by atoms with Gasteiger partial charge < -0.3 is 35.8 Å². The zero-order chi connectivity index (χ0) is 32.0. The second-order valence-electron chi connectivity index (χ2n) is 11.4. The number of benzene rings is 2. The van der Waals surface area contributed by atoms with Crippen LogP contribution in [-0.4, -0.2) is 59.1 Å². The molecule has 236 valence electrons. The largest absolute Gasteiger partial charge is 0.508 e. The maximum atomic E-state index is 14.2. The molecule has 2 unspecified atom stereocenters. The monoisotopic (exact) mass is 598 g/mol. The van der Waals surface area contributed by atoms with Gasteiger partial charge in [-0.3, -0.25) is 14.4 Å². The number of primary amides is 1. The van der Waals surface area contributed by atoms with Crippen molar-refractivity contribution in [1.29, 1.82) is 0 Å². The van der Waals surface area contributed by atoms with Gasteiger partial charge in [0.25, 0.3) is 5.91 Å². The summed E-state index contributed by atoms with van der Waals surface area (Å²) in [6, 6.07) is 10.2. The molecule has 43 heavy (non-hydrogen) atoms. The summed E-state index contributed by atoms with van der Waals surface area (Å²) < 4.78 is 10.5. The number of rotatable bonds is 16. The Hall–Kier alpha value is -4.28. The molecule has 0 spiro atoms. The number of nitrogens with zero attached hydrogens (tertiary/aromatic N) is 1. The number of phenolic OH excluding ortho intramolecular Hbond substituents is 1. The Labute approximate surface area is 254 Å². The smallest absolute Gasteiger partial charge is 0.408 e. The van der Waals surface area contributed by atoms with Crippen LogP contribution in [0.25, 0.3) is 0 Å². The number of ether oxygens (including phenoxy) is 2. The van der Waals surface area contributed by atoms with E-state index in [0.29, 0.717) is 23.4 Å². The number of hydrogen-bond acceptors (Lipinski definition) is 7. The van der Waals surface area contributed by atoms with Crippen LogP contribution in [0.2, 0.25) is 0 Å². The lowest BCUT2D eigenvalue weighted by Gasteiger charge is -2.34. The molecule has 0 aliphatic heterocycles. The molecule has 2 aromatic rings. The third-order valence-corrected chi connectivity index (χ3v) is 6.56. The summed E-state index contributed by atoms with van der Waals surface area (Å²) >= 11 is 0. The van der Waals surface area contributed by atoms with Crippen LogP contribution in [0.15, 0.2) is 48.5 Å². The number of nitrogens with two attached hydrogens (primary N) is 1. The number of methoxy groups -OCH3 is 1. The van der Waals surface area contributed by atoms with E-state index in [-0.39, 0.29) is 12.3 Å². The normalized spacial score (nSPS) is 12.5. The van der Waals surface area contributed by atoms with Crippen molar-refractivity contribution in [3.05, 3.63) is 54.1 Å². The minimum atomic E-state index is -1.37. The molecule has 0 saturated heterocycles. The number of alkyl carbamates (subject to hydrolysis) is 1. The van der Waals surface area contributed by atoms with E-state index in [4.69, 9.17) is 15.2 Å². The highest BCUT2D eigenvalue weighted by Crippen LogP contribution is 2.27. The van der Waals surface area contributed by atoms with Crippen LogP contribution in [0.1, 0.15) is 84.2 Å². The van der Waals surface area contributed by atoms with Crippen molar-refractivity contribution in [2.24, 2.45) is 5.73 Å². The van der Waals surface area contributed by atoms with E-state index in [9.17, 15) is 24.3 Å². The first-order valence-electron chi connectivity index (χ1n) is 14.7. The minimum absolute atomic E-state index is 0.00920. The van der Waals surface area contributed by atoms with E-state index in [1.807, 2.05) is 0 Å². The highest BCUT2D eigenvalue weighted by molar-refractivity contribution is 5.99. The Morgan fingerprint density at radius 1 is 0.930 bits per heavy atom. The van der Waals surface area contributed by atoms with E-state index >= 15 is 0 Å². The van der Waals surface area contributed by atoms with E-state index < -0.39 is 47.9 Å². The summed E-state index contributed by atoms with van der Waals surface area (Å²) in [6.45, 7) is 7.31. The zero-order valence-corrected chi connectivity index (χ0v) is 25.9. The van der Waals surface area contributed by atoms with Gasteiger partial charge in [0.15, 0.2) is 0 Å². The minimum Gasteiger partial charge on any atom is -0.508 e. The van der Waals surface area contributed by atoms with Crippen molar-refractivity contribution >= 4 is 29.5 Å². The molecule has 4 amide bonds. The third-order valence-electron chi connectivity index (χ3n) is 6.56. The fraction of sp³-hybridized carbons (Fsp3) is 0.500. The van der Waals surface area contributed by atoms with Crippen LogP contribution in [0.3, 0.4) is 0 Å². The predicted octanol–water partition coefficient (Wildman–Crippen LogP) is 5.04. The Kier molecular flexibility index (Phi) is 13.8. The molecule has 11 heteroatoms. The number of aromatic hydroxyl groups is 1. The van der Waals surface area contributed by atoms with Crippen LogP contribution in [0.5, 0.6) is 11.5 Å². The van der Waals surface area contributed by atoms with Gasteiger partial charge in [-0.15, -0.1) is 0 Å². The van der Waals surface area contributed by atoms with E-state index in [2.05, 4.69) is 17.6 Å². The van der Waals surface area contributed by atoms with E-state index in [1.165, 1.54) is 24.1 Å². The van der Waals surface area contributed by atoms with Crippen LogP contribution >= 0.6 is 0 Å². The number of phenols is 1.